The highest BCUT2D eigenvalue weighted by Crippen LogP contribution is 2.54. The second-order valence-corrected chi connectivity index (χ2v) is 11.3. The van der Waals surface area contributed by atoms with Crippen LogP contribution in [-0.4, -0.2) is 23.8 Å². The summed E-state index contributed by atoms with van der Waals surface area (Å²) < 4.78 is 0. The van der Waals surface area contributed by atoms with Crippen LogP contribution < -0.4 is 5.32 Å². The van der Waals surface area contributed by atoms with Crippen molar-refractivity contribution in [2.45, 2.75) is 104 Å². The number of aliphatic hydroxyl groups is 1. The molecule has 0 radical (unpaired) electrons. The molecule has 3 fully saturated rings. The first-order valence-corrected chi connectivity index (χ1v) is 13.8. The van der Waals surface area contributed by atoms with Gasteiger partial charge in [0, 0.05) is 22.9 Å². The van der Waals surface area contributed by atoms with Crippen molar-refractivity contribution in [3.63, 3.8) is 0 Å². The summed E-state index contributed by atoms with van der Waals surface area (Å²) >= 11 is 0. The van der Waals surface area contributed by atoms with E-state index in [4.69, 9.17) is 0 Å². The molecule has 0 bridgehead atoms. The van der Waals surface area contributed by atoms with Gasteiger partial charge in [-0.05, 0) is 68.5 Å². The Balaban J connectivity index is 1.65. The molecule has 2 N–H and O–H groups in total. The van der Waals surface area contributed by atoms with E-state index in [0.717, 1.165) is 31.4 Å². The molecule has 3 aliphatic rings. The summed E-state index contributed by atoms with van der Waals surface area (Å²) in [5, 5.41) is 15.0. The third-order valence-electron chi connectivity index (χ3n) is 8.96. The summed E-state index contributed by atoms with van der Waals surface area (Å²) in [5.41, 5.74) is 3.85. The molecule has 3 saturated carbocycles. The minimum atomic E-state index is -0.194. The lowest BCUT2D eigenvalue weighted by Crippen LogP contribution is -2.55. The normalized spacial score (nSPS) is 33.9. The van der Waals surface area contributed by atoms with Crippen LogP contribution in [0.15, 0.2) is 29.8 Å². The molecular formula is C31H45NO. The lowest BCUT2D eigenvalue weighted by Gasteiger charge is -2.55. The maximum atomic E-state index is 11.1. The lowest BCUT2D eigenvalue weighted by molar-refractivity contribution is -0.0779. The molecule has 0 spiro atoms. The van der Waals surface area contributed by atoms with Gasteiger partial charge in [-0.15, -0.1) is 0 Å². The zero-order valence-electron chi connectivity index (χ0n) is 21.2. The van der Waals surface area contributed by atoms with E-state index in [-0.39, 0.29) is 11.5 Å². The fourth-order valence-corrected chi connectivity index (χ4v) is 6.93. The highest BCUT2D eigenvalue weighted by Gasteiger charge is 2.51. The average Bonchev–Trinajstić information content (AvgIpc) is 2.82. The van der Waals surface area contributed by atoms with Gasteiger partial charge in [0.2, 0.25) is 0 Å². The molecule has 2 heteroatoms. The number of benzene rings is 1. The Morgan fingerprint density at radius 1 is 1.09 bits per heavy atom. The van der Waals surface area contributed by atoms with Crippen molar-refractivity contribution >= 4 is 6.08 Å². The van der Waals surface area contributed by atoms with Gasteiger partial charge in [0.05, 0.1) is 6.10 Å². The Kier molecular flexibility index (Phi) is 8.37. The Labute approximate surface area is 202 Å². The van der Waals surface area contributed by atoms with Crippen molar-refractivity contribution in [1.29, 1.82) is 0 Å². The van der Waals surface area contributed by atoms with E-state index in [2.05, 4.69) is 68.3 Å². The molecule has 0 aliphatic heterocycles. The van der Waals surface area contributed by atoms with Crippen LogP contribution in [0.1, 0.15) is 103 Å². The third-order valence-corrected chi connectivity index (χ3v) is 8.96. The number of hydrogen-bond acceptors (Lipinski definition) is 2. The van der Waals surface area contributed by atoms with E-state index in [9.17, 15) is 5.11 Å². The number of aliphatic hydroxyl groups excluding tert-OH is 1. The monoisotopic (exact) mass is 447 g/mol. The van der Waals surface area contributed by atoms with E-state index in [1.165, 1.54) is 62.5 Å². The van der Waals surface area contributed by atoms with Gasteiger partial charge in [-0.2, -0.15) is 0 Å². The molecule has 180 valence electrons. The van der Waals surface area contributed by atoms with E-state index >= 15 is 0 Å². The predicted molar refractivity (Wildman–Crippen MR) is 140 cm³/mol. The summed E-state index contributed by atoms with van der Waals surface area (Å²) in [5.74, 6) is 8.84. The first-order chi connectivity index (χ1) is 16.0. The molecule has 5 atom stereocenters. The van der Waals surface area contributed by atoms with Gasteiger partial charge in [0.15, 0.2) is 0 Å². The van der Waals surface area contributed by atoms with Gasteiger partial charge < -0.3 is 10.4 Å². The number of hydrogen-bond donors (Lipinski definition) is 2. The van der Waals surface area contributed by atoms with Crippen LogP contribution in [0.5, 0.6) is 0 Å². The quantitative estimate of drug-likeness (QED) is 0.377. The van der Waals surface area contributed by atoms with Gasteiger partial charge in [-0.3, -0.25) is 0 Å². The van der Waals surface area contributed by atoms with Crippen molar-refractivity contribution in [1.82, 2.24) is 5.32 Å². The Bertz CT molecular complexity index is 870. The first-order valence-electron chi connectivity index (χ1n) is 13.8. The van der Waals surface area contributed by atoms with Crippen molar-refractivity contribution in [3.05, 3.63) is 41.0 Å². The van der Waals surface area contributed by atoms with Gasteiger partial charge in [-0.1, -0.05) is 94.6 Å². The van der Waals surface area contributed by atoms with Gasteiger partial charge in [0.25, 0.3) is 0 Å². The predicted octanol–water partition coefficient (Wildman–Crippen LogP) is 6.97. The summed E-state index contributed by atoms with van der Waals surface area (Å²) in [7, 11) is 0. The largest absolute Gasteiger partial charge is 0.393 e. The highest BCUT2D eigenvalue weighted by atomic mass is 16.3. The molecule has 33 heavy (non-hydrogen) atoms. The summed E-state index contributed by atoms with van der Waals surface area (Å²) in [6.45, 7) is 8.10. The van der Waals surface area contributed by atoms with E-state index < -0.39 is 0 Å². The molecule has 0 aromatic heterocycles. The summed E-state index contributed by atoms with van der Waals surface area (Å²) in [6.07, 6.45) is 15.5. The van der Waals surface area contributed by atoms with Crippen LogP contribution in [0.4, 0.5) is 0 Å². The van der Waals surface area contributed by atoms with Crippen LogP contribution in [-0.2, 0) is 0 Å². The number of nitrogens with one attached hydrogen (secondary N) is 1. The molecule has 0 amide bonds. The zero-order valence-corrected chi connectivity index (χ0v) is 21.2. The Hall–Kier alpha value is -1.56. The van der Waals surface area contributed by atoms with Crippen molar-refractivity contribution in [2.24, 2.45) is 23.2 Å². The topological polar surface area (TPSA) is 32.3 Å². The number of fused-ring (bicyclic) bond motifs is 1. The zero-order chi connectivity index (χ0) is 23.3. The molecule has 1 aromatic rings. The van der Waals surface area contributed by atoms with Crippen molar-refractivity contribution < 1.29 is 5.11 Å². The summed E-state index contributed by atoms with van der Waals surface area (Å²) in [4.78, 5) is 0. The summed E-state index contributed by atoms with van der Waals surface area (Å²) in [6, 6.07) is 9.07. The lowest BCUT2D eigenvalue weighted by atomic mass is 9.53. The molecule has 4 unspecified atom stereocenters. The van der Waals surface area contributed by atoms with Crippen LogP contribution in [0.25, 0.3) is 6.08 Å². The minimum Gasteiger partial charge on any atom is -0.393 e. The molecule has 0 saturated heterocycles. The molecule has 2 nitrogen and oxygen atoms in total. The molecule has 4 rings (SSSR count). The van der Waals surface area contributed by atoms with E-state index in [1.54, 1.807) is 0 Å². The van der Waals surface area contributed by atoms with Gasteiger partial charge in [-0.25, -0.2) is 0 Å². The third kappa shape index (κ3) is 5.58. The molecule has 1 aromatic carbocycles. The van der Waals surface area contributed by atoms with Crippen LogP contribution in [0, 0.1) is 35.0 Å². The second-order valence-electron chi connectivity index (χ2n) is 11.3. The van der Waals surface area contributed by atoms with Crippen molar-refractivity contribution in [3.8, 4) is 11.8 Å². The van der Waals surface area contributed by atoms with Crippen molar-refractivity contribution in [2.75, 3.05) is 6.54 Å². The second kappa shape index (κ2) is 11.2. The minimum absolute atomic E-state index is 0.0187. The molecule has 3 aliphatic carbocycles. The number of rotatable bonds is 5. The van der Waals surface area contributed by atoms with Crippen LogP contribution in [0.3, 0.4) is 0 Å². The Morgan fingerprint density at radius 2 is 1.88 bits per heavy atom. The number of unbranched alkanes of at least 4 members (excludes halogenated alkanes) is 1. The Morgan fingerprint density at radius 3 is 2.67 bits per heavy atom. The van der Waals surface area contributed by atoms with Gasteiger partial charge >= 0.3 is 0 Å². The maximum absolute atomic E-state index is 11.1. The molecule has 0 heterocycles. The fourth-order valence-electron chi connectivity index (χ4n) is 6.93. The van der Waals surface area contributed by atoms with E-state index in [0.29, 0.717) is 23.8 Å². The maximum Gasteiger partial charge on any atom is 0.0599 e. The average molecular weight is 448 g/mol. The van der Waals surface area contributed by atoms with Crippen LogP contribution in [0.2, 0.25) is 0 Å². The SMILES string of the molecule is CCCCNC1C(=Cc2ccccc2C#CC2CCCCC2)C[C@]2(C)C(O)CCCC2C1C. The fraction of sp³-hybridized carbons (Fsp3) is 0.677. The van der Waals surface area contributed by atoms with E-state index in [1.807, 2.05) is 0 Å². The smallest absolute Gasteiger partial charge is 0.0599 e. The standard InChI is InChI=1S/C31H45NO/c1-4-5-20-32-30-23(2)28-16-11-17-29(33)31(28,3)22-27(30)21-26-15-10-9-14-25(26)19-18-24-12-7-6-8-13-24/h9-10,14-15,21,23-24,28-30,32-33H,4-8,11-13,16-17,20,22H2,1-3H3/t23?,28?,29?,30?,31-/m0/s1. The molecular weight excluding hydrogens is 402 g/mol. The first kappa shape index (κ1) is 24.6. The van der Waals surface area contributed by atoms with Gasteiger partial charge in [0.1, 0.15) is 0 Å². The highest BCUT2D eigenvalue weighted by molar-refractivity contribution is 5.62. The van der Waals surface area contributed by atoms with Crippen LogP contribution >= 0.6 is 0 Å².